The van der Waals surface area contributed by atoms with Gasteiger partial charge in [0.1, 0.15) is 29.2 Å². The molecule has 2 aromatic carbocycles. The van der Waals surface area contributed by atoms with Gasteiger partial charge in [0.2, 0.25) is 5.52 Å². The number of hydrogen-bond acceptors (Lipinski definition) is 8. The Labute approximate surface area is 166 Å². The van der Waals surface area contributed by atoms with Gasteiger partial charge >= 0.3 is 17.6 Å². The summed E-state index contributed by atoms with van der Waals surface area (Å²) in [6, 6.07) is 11.2. The van der Waals surface area contributed by atoms with Crippen LogP contribution >= 0.6 is 0 Å². The van der Waals surface area contributed by atoms with Gasteiger partial charge in [-0.05, 0) is 24.3 Å². The highest BCUT2D eigenvalue weighted by Gasteiger charge is 2.28. The highest BCUT2D eigenvalue weighted by Crippen LogP contribution is 2.21. The largest absolute Gasteiger partial charge is 0.618 e. The highest BCUT2D eigenvalue weighted by atomic mass is 16.5. The number of ether oxygens (including phenoxy) is 4. The number of para-hydroxylation sites is 1. The minimum absolute atomic E-state index is 0.0345. The van der Waals surface area contributed by atoms with Gasteiger partial charge in [0.05, 0.1) is 27.4 Å². The fourth-order valence-corrected chi connectivity index (χ4v) is 2.75. The van der Waals surface area contributed by atoms with Crippen molar-refractivity contribution in [3.63, 3.8) is 0 Å². The van der Waals surface area contributed by atoms with Crippen LogP contribution in [0.1, 0.15) is 26.5 Å². The molecule has 0 radical (unpaired) electrons. The van der Waals surface area contributed by atoms with Crippen LogP contribution in [0.25, 0.3) is 11.0 Å². The van der Waals surface area contributed by atoms with Crippen LogP contribution < -0.4 is 14.2 Å². The molecule has 3 aromatic rings. The van der Waals surface area contributed by atoms with E-state index in [-0.39, 0.29) is 22.5 Å². The van der Waals surface area contributed by atoms with Gasteiger partial charge in [-0.3, -0.25) is 0 Å². The van der Waals surface area contributed by atoms with Crippen LogP contribution in [0.4, 0.5) is 0 Å². The van der Waals surface area contributed by atoms with Crippen molar-refractivity contribution in [1.29, 1.82) is 0 Å². The fraction of sp³-hybridized carbons (Fsp3) is 0.200. The van der Waals surface area contributed by atoms with Crippen molar-refractivity contribution in [1.82, 2.24) is 4.98 Å². The van der Waals surface area contributed by atoms with Crippen LogP contribution in [-0.4, -0.2) is 38.3 Å². The van der Waals surface area contributed by atoms with E-state index < -0.39 is 18.5 Å². The number of carbonyl (C=O) groups excluding carboxylic acids is 2. The first-order valence-corrected chi connectivity index (χ1v) is 8.48. The molecule has 0 aliphatic carbocycles. The van der Waals surface area contributed by atoms with Gasteiger partial charge in [-0.15, -0.1) is 0 Å². The molecule has 0 aliphatic heterocycles. The highest BCUT2D eigenvalue weighted by molar-refractivity contribution is 5.93. The van der Waals surface area contributed by atoms with Crippen LogP contribution in [0.2, 0.25) is 0 Å². The number of rotatable bonds is 6. The third kappa shape index (κ3) is 3.88. The quantitative estimate of drug-likeness (QED) is 0.352. The Bertz CT molecular complexity index is 1080. The minimum Gasteiger partial charge on any atom is -0.618 e. The lowest BCUT2D eigenvalue weighted by Crippen LogP contribution is -2.38. The van der Waals surface area contributed by atoms with Crippen molar-refractivity contribution < 1.29 is 33.3 Å². The van der Waals surface area contributed by atoms with Gasteiger partial charge in [0, 0.05) is 0 Å². The first-order valence-electron chi connectivity index (χ1n) is 8.48. The molecule has 0 saturated heterocycles. The summed E-state index contributed by atoms with van der Waals surface area (Å²) in [5.74, 6) is -0.828. The molecule has 3 rings (SSSR count). The van der Waals surface area contributed by atoms with Crippen LogP contribution in [0.15, 0.2) is 42.5 Å². The van der Waals surface area contributed by atoms with Crippen LogP contribution in [0.5, 0.6) is 11.5 Å². The zero-order valence-electron chi connectivity index (χ0n) is 16.0. The second kappa shape index (κ2) is 8.42. The normalized spacial score (nSPS) is 10.4. The second-order valence-corrected chi connectivity index (χ2v) is 5.82. The molecule has 0 amide bonds. The predicted molar refractivity (Wildman–Crippen MR) is 101 cm³/mol. The van der Waals surface area contributed by atoms with Crippen LogP contribution in [-0.2, 0) is 16.1 Å². The summed E-state index contributed by atoms with van der Waals surface area (Å²) in [4.78, 5) is 28.9. The maximum absolute atomic E-state index is 12.8. The number of aromatic nitrogens is 2. The van der Waals surface area contributed by atoms with Gasteiger partial charge in [-0.25, -0.2) is 14.6 Å². The SMILES string of the molecule is COC(=O)c1c(COC(=O)c2ccccc2OC)nc2ccc(OC)cc2[n+]1[O-]. The van der Waals surface area contributed by atoms with E-state index in [2.05, 4.69) is 4.98 Å². The van der Waals surface area contributed by atoms with Crippen LogP contribution in [0.3, 0.4) is 0 Å². The third-order valence-electron chi connectivity index (χ3n) is 4.18. The first-order chi connectivity index (χ1) is 14.0. The number of esters is 2. The van der Waals surface area contributed by atoms with E-state index in [1.54, 1.807) is 30.3 Å². The third-order valence-corrected chi connectivity index (χ3v) is 4.18. The summed E-state index contributed by atoms with van der Waals surface area (Å²) in [6.07, 6.45) is 0. The van der Waals surface area contributed by atoms with E-state index in [0.717, 1.165) is 7.11 Å². The van der Waals surface area contributed by atoms with Gasteiger partial charge in [-0.2, -0.15) is 4.73 Å². The Balaban J connectivity index is 1.99. The molecule has 0 N–H and O–H groups in total. The van der Waals surface area contributed by atoms with Gasteiger partial charge in [-0.1, -0.05) is 12.1 Å². The molecule has 0 unspecified atom stereocenters. The summed E-state index contributed by atoms with van der Waals surface area (Å²) < 4.78 is 20.6. The first kappa shape index (κ1) is 19.9. The summed E-state index contributed by atoms with van der Waals surface area (Å²) >= 11 is 0. The van der Waals surface area contributed by atoms with Crippen molar-refractivity contribution in [3.05, 3.63) is 64.6 Å². The molecule has 150 valence electrons. The van der Waals surface area contributed by atoms with E-state index in [9.17, 15) is 14.8 Å². The number of methoxy groups -OCH3 is 3. The Hall–Kier alpha value is -3.88. The Kier molecular flexibility index (Phi) is 5.77. The average Bonchev–Trinajstić information content (AvgIpc) is 2.76. The zero-order valence-corrected chi connectivity index (χ0v) is 16.0. The summed E-state index contributed by atoms with van der Waals surface area (Å²) in [6.45, 7) is -0.411. The van der Waals surface area contributed by atoms with E-state index >= 15 is 0 Å². The summed E-state index contributed by atoms with van der Waals surface area (Å²) in [5, 5.41) is 12.8. The van der Waals surface area contributed by atoms with Crippen molar-refractivity contribution in [3.8, 4) is 11.5 Å². The topological polar surface area (TPSA) is 111 Å². The lowest BCUT2D eigenvalue weighted by molar-refractivity contribution is -0.581. The minimum atomic E-state index is -0.902. The Morgan fingerprint density at radius 3 is 2.48 bits per heavy atom. The molecule has 1 aromatic heterocycles. The molecule has 0 bridgehead atoms. The van der Waals surface area contributed by atoms with Crippen molar-refractivity contribution in [2.45, 2.75) is 6.61 Å². The number of benzene rings is 2. The van der Waals surface area contributed by atoms with E-state index in [4.69, 9.17) is 18.9 Å². The number of fused-ring (bicyclic) bond motifs is 1. The van der Waals surface area contributed by atoms with Gasteiger partial charge in [0.15, 0.2) is 5.69 Å². The smallest absolute Gasteiger partial charge is 0.406 e. The van der Waals surface area contributed by atoms with Crippen molar-refractivity contribution in [2.75, 3.05) is 21.3 Å². The summed E-state index contributed by atoms with van der Waals surface area (Å²) in [7, 11) is 4.03. The van der Waals surface area contributed by atoms with E-state index in [0.29, 0.717) is 21.7 Å². The van der Waals surface area contributed by atoms with Crippen molar-refractivity contribution in [2.24, 2.45) is 0 Å². The van der Waals surface area contributed by atoms with Crippen LogP contribution in [0, 0.1) is 5.21 Å². The lowest BCUT2D eigenvalue weighted by Gasteiger charge is -2.12. The fourth-order valence-electron chi connectivity index (χ4n) is 2.75. The number of carbonyl (C=O) groups is 2. The zero-order chi connectivity index (χ0) is 21.0. The second-order valence-electron chi connectivity index (χ2n) is 5.82. The lowest BCUT2D eigenvalue weighted by atomic mass is 10.2. The molecule has 0 saturated carbocycles. The molecule has 29 heavy (non-hydrogen) atoms. The predicted octanol–water partition coefficient (Wildman–Crippen LogP) is 2.03. The molecular formula is C20H18N2O7. The maximum atomic E-state index is 12.8. The molecule has 9 heteroatoms. The van der Waals surface area contributed by atoms with Crippen molar-refractivity contribution >= 4 is 23.0 Å². The van der Waals surface area contributed by atoms with E-state index in [1.165, 1.54) is 26.4 Å². The molecule has 0 spiro atoms. The standard InChI is InChI=1S/C20H18N2O7/c1-26-12-8-9-14-16(10-12)22(25)18(20(24)28-3)15(21-14)11-29-19(23)13-6-4-5-7-17(13)27-2/h4-10H,11H2,1-3H3. The molecule has 1 heterocycles. The van der Waals surface area contributed by atoms with Gasteiger partial charge in [0.25, 0.3) is 0 Å². The molecular weight excluding hydrogens is 380 g/mol. The van der Waals surface area contributed by atoms with Gasteiger partial charge < -0.3 is 24.2 Å². The Morgan fingerprint density at radius 2 is 1.79 bits per heavy atom. The number of nitrogens with zero attached hydrogens (tertiary/aromatic N) is 2. The molecule has 0 fully saturated rings. The molecule has 0 aliphatic rings. The van der Waals surface area contributed by atoms with E-state index in [1.807, 2.05) is 0 Å². The maximum Gasteiger partial charge on any atom is 0.406 e. The summed E-state index contributed by atoms with van der Waals surface area (Å²) in [5.41, 5.74) is 0.213. The Morgan fingerprint density at radius 1 is 1.03 bits per heavy atom. The average molecular weight is 398 g/mol. The molecule has 0 atom stereocenters. The molecule has 9 nitrogen and oxygen atoms in total. The monoisotopic (exact) mass is 398 g/mol. The number of hydrogen-bond donors (Lipinski definition) is 0.